The molecule has 2 nitrogen and oxygen atoms in total. The van der Waals surface area contributed by atoms with E-state index in [0.717, 1.165) is 31.6 Å². The lowest BCUT2D eigenvalue weighted by atomic mass is 9.94. The maximum Gasteiger partial charge on any atom is 0.119 e. The fourth-order valence-electron chi connectivity index (χ4n) is 3.21. The van der Waals surface area contributed by atoms with Gasteiger partial charge in [-0.05, 0) is 42.2 Å². The minimum absolute atomic E-state index is 0.353. The van der Waals surface area contributed by atoms with E-state index < -0.39 is 0 Å². The molecule has 0 amide bonds. The van der Waals surface area contributed by atoms with Crippen LogP contribution in [0, 0.1) is 0 Å². The highest BCUT2D eigenvalue weighted by molar-refractivity contribution is 5.34. The first-order valence-corrected chi connectivity index (χ1v) is 10.4. The molecule has 1 aromatic heterocycles. The van der Waals surface area contributed by atoms with Gasteiger partial charge in [0.2, 0.25) is 0 Å². The summed E-state index contributed by atoms with van der Waals surface area (Å²) in [4.78, 5) is 4.58. The minimum atomic E-state index is 0.353. The lowest BCUT2D eigenvalue weighted by Gasteiger charge is -2.14. The first kappa shape index (κ1) is 20.5. The molecule has 2 heteroatoms. The lowest BCUT2D eigenvalue weighted by Crippen LogP contribution is -2.00. The molecule has 2 aromatic rings. The molecule has 1 heterocycles. The summed E-state index contributed by atoms with van der Waals surface area (Å²) in [5.41, 5.74) is 3.76. The number of aromatic nitrogens is 1. The van der Waals surface area contributed by atoms with Crippen LogP contribution in [-0.4, -0.2) is 11.6 Å². The normalized spacial score (nSPS) is 12.1. The van der Waals surface area contributed by atoms with Gasteiger partial charge < -0.3 is 4.74 Å². The van der Waals surface area contributed by atoms with E-state index >= 15 is 0 Å². The second-order valence-corrected chi connectivity index (χ2v) is 7.24. The fraction of sp³-hybridized carbons (Fsp3) is 0.542. The summed E-state index contributed by atoms with van der Waals surface area (Å²) < 4.78 is 5.88. The number of nitrogens with zero attached hydrogens (tertiary/aromatic N) is 1. The monoisotopic (exact) mass is 353 g/mol. The van der Waals surface area contributed by atoms with E-state index in [4.69, 9.17) is 4.74 Å². The first-order valence-electron chi connectivity index (χ1n) is 10.4. The number of hydrogen-bond acceptors (Lipinski definition) is 2. The van der Waals surface area contributed by atoms with Crippen LogP contribution in [0.1, 0.15) is 88.5 Å². The Hall–Kier alpha value is -1.83. The summed E-state index contributed by atoms with van der Waals surface area (Å²) in [6.07, 6.45) is 12.0. The number of ether oxygens (including phenoxy) is 1. The molecule has 0 saturated heterocycles. The summed E-state index contributed by atoms with van der Waals surface area (Å²) in [5.74, 6) is 1.33. The van der Waals surface area contributed by atoms with Gasteiger partial charge in [-0.25, -0.2) is 0 Å². The third-order valence-corrected chi connectivity index (χ3v) is 5.00. The van der Waals surface area contributed by atoms with E-state index in [9.17, 15) is 0 Å². The predicted molar refractivity (Wildman–Crippen MR) is 111 cm³/mol. The zero-order valence-corrected chi connectivity index (χ0v) is 16.8. The number of unbranched alkanes of at least 4 members (excludes halogenated alkanes) is 5. The van der Waals surface area contributed by atoms with Crippen molar-refractivity contribution >= 4 is 0 Å². The van der Waals surface area contributed by atoms with Gasteiger partial charge in [-0.2, -0.15) is 0 Å². The second kappa shape index (κ2) is 11.7. The maximum absolute atomic E-state index is 5.88. The van der Waals surface area contributed by atoms with Gasteiger partial charge in [0.25, 0.3) is 0 Å². The smallest absolute Gasteiger partial charge is 0.119 e. The standard InChI is InChI=1S/C24H35NO/c1-4-6-7-8-9-10-18-26-24-16-13-21(14-17-24)20(3)22-12-15-23(11-5-2)25-19-22/h12-17,19-20H,4-11,18H2,1-3H3. The van der Waals surface area contributed by atoms with Crippen molar-refractivity contribution in [2.24, 2.45) is 0 Å². The highest BCUT2D eigenvalue weighted by atomic mass is 16.5. The van der Waals surface area contributed by atoms with Crippen LogP contribution < -0.4 is 4.74 Å². The zero-order valence-electron chi connectivity index (χ0n) is 16.8. The number of hydrogen-bond donors (Lipinski definition) is 0. The van der Waals surface area contributed by atoms with E-state index in [1.54, 1.807) is 0 Å². The van der Waals surface area contributed by atoms with Crippen LogP contribution in [0.2, 0.25) is 0 Å². The van der Waals surface area contributed by atoms with Gasteiger partial charge in [-0.3, -0.25) is 4.98 Å². The van der Waals surface area contributed by atoms with Crippen molar-refractivity contribution in [1.82, 2.24) is 4.98 Å². The summed E-state index contributed by atoms with van der Waals surface area (Å²) in [6.45, 7) is 7.51. The van der Waals surface area contributed by atoms with Crippen molar-refractivity contribution in [3.8, 4) is 5.75 Å². The van der Waals surface area contributed by atoms with Crippen molar-refractivity contribution < 1.29 is 4.74 Å². The van der Waals surface area contributed by atoms with Crippen LogP contribution in [0.5, 0.6) is 5.75 Å². The third kappa shape index (κ3) is 6.82. The van der Waals surface area contributed by atoms with E-state index in [2.05, 4.69) is 62.2 Å². The van der Waals surface area contributed by atoms with Gasteiger partial charge in [0.05, 0.1) is 6.61 Å². The molecule has 142 valence electrons. The Morgan fingerprint density at radius 3 is 2.15 bits per heavy atom. The summed E-state index contributed by atoms with van der Waals surface area (Å²) in [7, 11) is 0. The average Bonchev–Trinajstić information content (AvgIpc) is 2.68. The Bertz CT molecular complexity index is 603. The van der Waals surface area contributed by atoms with E-state index in [0.29, 0.717) is 5.92 Å². The van der Waals surface area contributed by atoms with Crippen molar-refractivity contribution in [2.75, 3.05) is 6.61 Å². The molecule has 0 aliphatic heterocycles. The summed E-state index contributed by atoms with van der Waals surface area (Å²) in [5, 5.41) is 0. The van der Waals surface area contributed by atoms with Crippen LogP contribution in [0.25, 0.3) is 0 Å². The summed E-state index contributed by atoms with van der Waals surface area (Å²) in [6, 6.07) is 12.9. The number of benzene rings is 1. The zero-order chi connectivity index (χ0) is 18.6. The Morgan fingerprint density at radius 2 is 1.50 bits per heavy atom. The van der Waals surface area contributed by atoms with Gasteiger partial charge in [-0.1, -0.05) is 77.5 Å². The minimum Gasteiger partial charge on any atom is -0.494 e. The SMILES string of the molecule is CCCCCCCCOc1ccc(C(C)c2ccc(CCC)nc2)cc1. The number of pyridine rings is 1. The molecule has 1 aromatic carbocycles. The molecule has 26 heavy (non-hydrogen) atoms. The first-order chi connectivity index (χ1) is 12.7. The molecule has 0 bridgehead atoms. The van der Waals surface area contributed by atoms with Crippen LogP contribution in [0.4, 0.5) is 0 Å². The molecule has 0 aliphatic rings. The average molecular weight is 354 g/mol. The van der Waals surface area contributed by atoms with Crippen LogP contribution in [-0.2, 0) is 6.42 Å². The lowest BCUT2D eigenvalue weighted by molar-refractivity contribution is 0.304. The summed E-state index contributed by atoms with van der Waals surface area (Å²) >= 11 is 0. The molecular weight excluding hydrogens is 318 g/mol. The molecule has 0 spiro atoms. The van der Waals surface area contributed by atoms with Gasteiger partial charge in [-0.15, -0.1) is 0 Å². The van der Waals surface area contributed by atoms with E-state index in [1.807, 2.05) is 6.20 Å². The van der Waals surface area contributed by atoms with Crippen molar-refractivity contribution in [3.63, 3.8) is 0 Å². The van der Waals surface area contributed by atoms with Crippen LogP contribution in [0.15, 0.2) is 42.6 Å². The molecule has 0 radical (unpaired) electrons. The van der Waals surface area contributed by atoms with Gasteiger partial charge in [0.1, 0.15) is 5.75 Å². The van der Waals surface area contributed by atoms with E-state index in [-0.39, 0.29) is 0 Å². The molecule has 1 atom stereocenters. The van der Waals surface area contributed by atoms with Crippen molar-refractivity contribution in [1.29, 1.82) is 0 Å². The molecule has 0 aliphatic carbocycles. The molecule has 2 rings (SSSR count). The third-order valence-electron chi connectivity index (χ3n) is 5.00. The largest absolute Gasteiger partial charge is 0.494 e. The fourth-order valence-corrected chi connectivity index (χ4v) is 3.21. The molecule has 0 fully saturated rings. The van der Waals surface area contributed by atoms with Gasteiger partial charge in [0.15, 0.2) is 0 Å². The highest BCUT2D eigenvalue weighted by Gasteiger charge is 2.09. The predicted octanol–water partition coefficient (Wildman–Crippen LogP) is 6.93. The Labute approximate surface area is 160 Å². The Kier molecular flexibility index (Phi) is 9.23. The molecule has 1 unspecified atom stereocenters. The molecule has 0 N–H and O–H groups in total. The number of aryl methyl sites for hydroxylation is 1. The molecular formula is C24H35NO. The quantitative estimate of drug-likeness (QED) is 0.386. The Morgan fingerprint density at radius 1 is 0.808 bits per heavy atom. The maximum atomic E-state index is 5.88. The van der Waals surface area contributed by atoms with Gasteiger partial charge in [0, 0.05) is 17.8 Å². The van der Waals surface area contributed by atoms with Crippen LogP contribution >= 0.6 is 0 Å². The number of rotatable bonds is 12. The second-order valence-electron chi connectivity index (χ2n) is 7.24. The molecule has 0 saturated carbocycles. The van der Waals surface area contributed by atoms with Crippen molar-refractivity contribution in [3.05, 3.63) is 59.4 Å². The topological polar surface area (TPSA) is 22.1 Å². The van der Waals surface area contributed by atoms with Crippen molar-refractivity contribution in [2.45, 2.75) is 78.1 Å². The highest BCUT2D eigenvalue weighted by Crippen LogP contribution is 2.25. The van der Waals surface area contributed by atoms with E-state index in [1.165, 1.54) is 48.9 Å². The Balaban J connectivity index is 1.78. The van der Waals surface area contributed by atoms with Crippen LogP contribution in [0.3, 0.4) is 0 Å². The van der Waals surface area contributed by atoms with Gasteiger partial charge >= 0.3 is 0 Å².